The van der Waals surface area contributed by atoms with Crippen molar-refractivity contribution in [2.75, 3.05) is 24.3 Å². The Balaban J connectivity index is 2.08. The van der Waals surface area contributed by atoms with Crippen LogP contribution < -0.4 is 10.6 Å². The molecule has 0 bridgehead atoms. The van der Waals surface area contributed by atoms with Gasteiger partial charge in [-0.05, 0) is 13.0 Å². The summed E-state index contributed by atoms with van der Waals surface area (Å²) in [5.41, 5.74) is 0.900. The molecule has 0 amide bonds. The topological polar surface area (TPSA) is 91.9 Å². The molecule has 2 aromatic rings. The maximum atomic E-state index is 11.1. The molecule has 0 fully saturated rings. The van der Waals surface area contributed by atoms with Crippen LogP contribution in [0.25, 0.3) is 0 Å². The van der Waals surface area contributed by atoms with E-state index in [1.54, 1.807) is 13.0 Å². The third-order valence-electron chi connectivity index (χ3n) is 2.35. The first-order valence-electron chi connectivity index (χ1n) is 5.73. The molecule has 3 N–H and O–H groups in total. The largest absolute Gasteiger partial charge is 0.468 e. The van der Waals surface area contributed by atoms with E-state index in [0.29, 0.717) is 17.5 Å². The third-order valence-corrected chi connectivity index (χ3v) is 2.35. The normalized spacial score (nSPS) is 10.0. The van der Waals surface area contributed by atoms with Gasteiger partial charge in [-0.3, -0.25) is 4.79 Å². The minimum absolute atomic E-state index is 0.0660. The molecule has 0 atom stereocenters. The van der Waals surface area contributed by atoms with Crippen molar-refractivity contribution >= 4 is 23.3 Å². The molecule has 0 aliphatic heterocycles. The number of hydrogen-bond acceptors (Lipinski definition) is 6. The molecule has 7 heteroatoms. The number of esters is 1. The Bertz CT molecular complexity index is 553. The molecule has 0 unspecified atom stereocenters. The molecule has 100 valence electrons. The average Bonchev–Trinajstić information content (AvgIpc) is 2.88. The van der Waals surface area contributed by atoms with Crippen molar-refractivity contribution in [3.8, 4) is 0 Å². The van der Waals surface area contributed by atoms with Gasteiger partial charge in [-0.1, -0.05) is 0 Å². The van der Waals surface area contributed by atoms with Crippen molar-refractivity contribution in [1.29, 1.82) is 0 Å². The van der Waals surface area contributed by atoms with Gasteiger partial charge >= 0.3 is 5.97 Å². The van der Waals surface area contributed by atoms with Gasteiger partial charge in [-0.25, -0.2) is 9.97 Å². The van der Waals surface area contributed by atoms with Gasteiger partial charge in [0, 0.05) is 18.5 Å². The number of nitrogens with one attached hydrogen (secondary N) is 3. The Morgan fingerprint density at radius 2 is 2.21 bits per heavy atom. The summed E-state index contributed by atoms with van der Waals surface area (Å²) in [5.74, 6) is 1.47. The maximum Gasteiger partial charge on any atom is 0.325 e. The lowest BCUT2D eigenvalue weighted by Crippen LogP contribution is -2.16. The minimum atomic E-state index is -0.351. The van der Waals surface area contributed by atoms with Crippen LogP contribution in [0.15, 0.2) is 24.5 Å². The summed E-state index contributed by atoms with van der Waals surface area (Å²) in [7, 11) is 1.34. The van der Waals surface area contributed by atoms with Gasteiger partial charge in [0.05, 0.1) is 12.8 Å². The van der Waals surface area contributed by atoms with Gasteiger partial charge in [-0.2, -0.15) is 0 Å². The van der Waals surface area contributed by atoms with Crippen LogP contribution in [0.1, 0.15) is 5.82 Å². The van der Waals surface area contributed by atoms with Gasteiger partial charge in [0.1, 0.15) is 24.0 Å². The van der Waals surface area contributed by atoms with Crippen molar-refractivity contribution in [2.45, 2.75) is 6.92 Å². The number of carbonyl (C=O) groups is 1. The number of methoxy groups -OCH3 is 1. The molecule has 0 spiro atoms. The van der Waals surface area contributed by atoms with Gasteiger partial charge in [0.2, 0.25) is 0 Å². The smallest absolute Gasteiger partial charge is 0.325 e. The van der Waals surface area contributed by atoms with Crippen molar-refractivity contribution < 1.29 is 9.53 Å². The number of anilines is 3. The van der Waals surface area contributed by atoms with E-state index in [-0.39, 0.29) is 12.5 Å². The first-order chi connectivity index (χ1) is 9.17. The Hall–Kier alpha value is -2.57. The molecule has 19 heavy (non-hydrogen) atoms. The molecular weight excluding hydrogens is 246 g/mol. The van der Waals surface area contributed by atoms with Gasteiger partial charge in [-0.15, -0.1) is 0 Å². The van der Waals surface area contributed by atoms with Crippen LogP contribution in [-0.4, -0.2) is 34.6 Å². The zero-order chi connectivity index (χ0) is 13.7. The van der Waals surface area contributed by atoms with E-state index >= 15 is 0 Å². The van der Waals surface area contributed by atoms with E-state index in [1.807, 2.05) is 18.5 Å². The van der Waals surface area contributed by atoms with Gasteiger partial charge in [0.25, 0.3) is 0 Å². The Morgan fingerprint density at radius 3 is 2.89 bits per heavy atom. The second-order valence-electron chi connectivity index (χ2n) is 3.84. The van der Waals surface area contributed by atoms with Crippen LogP contribution >= 0.6 is 0 Å². The summed E-state index contributed by atoms with van der Waals surface area (Å²) >= 11 is 0. The lowest BCUT2D eigenvalue weighted by atomic mass is 10.4. The molecule has 0 saturated carbocycles. The minimum Gasteiger partial charge on any atom is -0.468 e. The maximum absolute atomic E-state index is 11.1. The summed E-state index contributed by atoms with van der Waals surface area (Å²) < 4.78 is 4.55. The fourth-order valence-corrected chi connectivity index (χ4v) is 1.51. The standard InChI is InChI=1S/C12H15N5O2/c1-8-15-10(14-7-12(18)19-2)5-11(16-8)17-9-3-4-13-6-9/h3-6,13H,7H2,1-2H3,(H2,14,15,16,17). The number of hydrogen-bond donors (Lipinski definition) is 3. The van der Waals surface area contributed by atoms with E-state index in [0.717, 1.165) is 5.69 Å². The number of aromatic nitrogens is 3. The fourth-order valence-electron chi connectivity index (χ4n) is 1.51. The van der Waals surface area contributed by atoms with Crippen molar-refractivity contribution in [3.05, 3.63) is 30.4 Å². The molecule has 0 radical (unpaired) electrons. The predicted molar refractivity (Wildman–Crippen MR) is 71.4 cm³/mol. The van der Waals surface area contributed by atoms with Crippen LogP contribution in [0.5, 0.6) is 0 Å². The van der Waals surface area contributed by atoms with Crippen molar-refractivity contribution in [1.82, 2.24) is 15.0 Å². The van der Waals surface area contributed by atoms with Gasteiger partial charge in [0.15, 0.2) is 0 Å². The van der Waals surface area contributed by atoms with Crippen LogP contribution in [0, 0.1) is 6.92 Å². The predicted octanol–water partition coefficient (Wildman–Crippen LogP) is 1.44. The zero-order valence-electron chi connectivity index (χ0n) is 10.7. The molecule has 2 heterocycles. The molecule has 0 saturated heterocycles. The monoisotopic (exact) mass is 261 g/mol. The highest BCUT2D eigenvalue weighted by molar-refractivity contribution is 5.74. The highest BCUT2D eigenvalue weighted by Crippen LogP contribution is 2.16. The first-order valence-corrected chi connectivity index (χ1v) is 5.73. The molecule has 2 rings (SSSR count). The summed E-state index contributed by atoms with van der Waals surface area (Å²) in [5, 5.41) is 6.01. The molecular formula is C12H15N5O2. The van der Waals surface area contributed by atoms with Crippen LogP contribution in [0.4, 0.5) is 17.3 Å². The van der Waals surface area contributed by atoms with Crippen LogP contribution in [0.2, 0.25) is 0 Å². The highest BCUT2D eigenvalue weighted by Gasteiger charge is 2.05. The highest BCUT2D eigenvalue weighted by atomic mass is 16.5. The van der Waals surface area contributed by atoms with Crippen molar-refractivity contribution in [3.63, 3.8) is 0 Å². The molecule has 0 aliphatic carbocycles. The molecule has 7 nitrogen and oxygen atoms in total. The average molecular weight is 261 g/mol. The number of aryl methyl sites for hydroxylation is 1. The lowest BCUT2D eigenvalue weighted by Gasteiger charge is -2.08. The number of nitrogens with zero attached hydrogens (tertiary/aromatic N) is 2. The summed E-state index contributed by atoms with van der Waals surface area (Å²) in [6.07, 6.45) is 3.63. The second-order valence-corrected chi connectivity index (χ2v) is 3.84. The van der Waals surface area contributed by atoms with E-state index < -0.39 is 0 Å². The molecule has 0 aromatic carbocycles. The second kappa shape index (κ2) is 5.85. The number of rotatable bonds is 5. The number of H-pyrrole nitrogens is 1. The van der Waals surface area contributed by atoms with Crippen LogP contribution in [-0.2, 0) is 9.53 Å². The van der Waals surface area contributed by atoms with Crippen LogP contribution in [0.3, 0.4) is 0 Å². The summed E-state index contributed by atoms with van der Waals surface area (Å²) in [6.45, 7) is 1.85. The number of ether oxygens (including phenoxy) is 1. The fraction of sp³-hybridized carbons (Fsp3) is 0.250. The third kappa shape index (κ3) is 3.70. The summed E-state index contributed by atoms with van der Waals surface area (Å²) in [6, 6.07) is 3.61. The van der Waals surface area contributed by atoms with E-state index in [2.05, 4.69) is 30.3 Å². The number of aromatic amines is 1. The Labute approximate surface area is 110 Å². The first kappa shape index (κ1) is 12.9. The summed E-state index contributed by atoms with van der Waals surface area (Å²) in [4.78, 5) is 22.5. The quantitative estimate of drug-likeness (QED) is 0.705. The molecule has 0 aliphatic rings. The van der Waals surface area contributed by atoms with Crippen molar-refractivity contribution in [2.24, 2.45) is 0 Å². The van der Waals surface area contributed by atoms with E-state index in [9.17, 15) is 4.79 Å². The van der Waals surface area contributed by atoms with Gasteiger partial charge < -0.3 is 20.4 Å². The Kier molecular flexibility index (Phi) is 3.97. The Morgan fingerprint density at radius 1 is 1.42 bits per heavy atom. The van der Waals surface area contributed by atoms with E-state index in [1.165, 1.54) is 7.11 Å². The number of carbonyl (C=O) groups excluding carboxylic acids is 1. The zero-order valence-corrected chi connectivity index (χ0v) is 10.7. The lowest BCUT2D eigenvalue weighted by molar-refractivity contribution is -0.138. The molecule has 2 aromatic heterocycles. The van der Waals surface area contributed by atoms with E-state index in [4.69, 9.17) is 0 Å². The SMILES string of the molecule is COC(=O)CNc1cc(Nc2cc[nH]c2)nc(C)n1.